The predicted molar refractivity (Wildman–Crippen MR) is 88.5 cm³/mol. The van der Waals surface area contributed by atoms with Crippen LogP contribution in [-0.2, 0) is 4.79 Å². The minimum atomic E-state index is -0.788. The fourth-order valence-electron chi connectivity index (χ4n) is 4.22. The van der Waals surface area contributed by atoms with Gasteiger partial charge in [-0.3, -0.25) is 15.0 Å². The van der Waals surface area contributed by atoms with Crippen LogP contribution < -0.4 is 11.1 Å². The minimum absolute atomic E-state index is 0.321. The van der Waals surface area contributed by atoms with E-state index in [4.69, 9.17) is 5.73 Å². The molecule has 0 unspecified atom stereocenters. The highest BCUT2D eigenvalue weighted by molar-refractivity contribution is 5.96. The molecule has 5 heteroatoms. The van der Waals surface area contributed by atoms with Crippen LogP contribution in [0.15, 0.2) is 30.3 Å². The number of imide groups is 1. The molecule has 2 fully saturated rings. The summed E-state index contributed by atoms with van der Waals surface area (Å²) in [7, 11) is 0. The van der Waals surface area contributed by atoms with Crippen molar-refractivity contribution in [1.82, 2.24) is 10.2 Å². The largest absolute Gasteiger partial charge is 0.351 e. The van der Waals surface area contributed by atoms with Crippen LogP contribution in [0.4, 0.5) is 4.79 Å². The number of hydrogen-bond acceptors (Lipinski definition) is 3. The molecule has 1 aromatic carbocycles. The van der Waals surface area contributed by atoms with Gasteiger partial charge in [0.2, 0.25) is 5.91 Å². The Kier molecular flexibility index (Phi) is 4.96. The van der Waals surface area contributed by atoms with Crippen molar-refractivity contribution in [3.63, 3.8) is 0 Å². The quantitative estimate of drug-likeness (QED) is 0.899. The zero-order valence-electron chi connectivity index (χ0n) is 13.4. The molecule has 3 N–H and O–H groups in total. The molecule has 1 saturated heterocycles. The first-order valence-electron chi connectivity index (χ1n) is 8.54. The number of benzene rings is 1. The van der Waals surface area contributed by atoms with Gasteiger partial charge in [-0.2, -0.15) is 0 Å². The molecule has 3 atom stereocenters. The Morgan fingerprint density at radius 2 is 1.78 bits per heavy atom. The Bertz CT molecular complexity index is 561. The molecule has 1 aliphatic carbocycles. The average molecular weight is 315 g/mol. The molecule has 1 aliphatic heterocycles. The van der Waals surface area contributed by atoms with Crippen LogP contribution in [0, 0.1) is 11.8 Å². The van der Waals surface area contributed by atoms with Crippen molar-refractivity contribution in [1.29, 1.82) is 0 Å². The van der Waals surface area contributed by atoms with E-state index in [-0.39, 0.29) is 5.91 Å². The molecule has 1 saturated carbocycles. The third-order valence-corrected chi connectivity index (χ3v) is 5.30. The number of rotatable bonds is 3. The standard InChI is InChI=1S/C18H25N3O2/c19-18(23)20-17(22)16(14-7-2-1-3-8-14)21-11-10-13-6-4-5-9-15(13)12-21/h1-3,7-8,13,15-16H,4-6,9-12H2,(H3,19,20,22,23)/t13-,15+,16-/m0/s1. The van der Waals surface area contributed by atoms with Gasteiger partial charge in [0.1, 0.15) is 6.04 Å². The van der Waals surface area contributed by atoms with E-state index in [1.807, 2.05) is 30.3 Å². The number of nitrogens with zero attached hydrogens (tertiary/aromatic N) is 1. The highest BCUT2D eigenvalue weighted by Crippen LogP contribution is 2.38. The van der Waals surface area contributed by atoms with Crippen LogP contribution in [0.1, 0.15) is 43.7 Å². The van der Waals surface area contributed by atoms with Crippen molar-refractivity contribution in [2.24, 2.45) is 17.6 Å². The van der Waals surface area contributed by atoms with Crippen molar-refractivity contribution < 1.29 is 9.59 Å². The van der Waals surface area contributed by atoms with Gasteiger partial charge >= 0.3 is 6.03 Å². The van der Waals surface area contributed by atoms with Gasteiger partial charge in [0.05, 0.1) is 0 Å². The average Bonchev–Trinajstić information content (AvgIpc) is 2.55. The lowest BCUT2D eigenvalue weighted by Crippen LogP contribution is -2.49. The molecule has 124 valence electrons. The Labute approximate surface area is 137 Å². The van der Waals surface area contributed by atoms with Crippen LogP contribution in [0.5, 0.6) is 0 Å². The van der Waals surface area contributed by atoms with E-state index < -0.39 is 12.1 Å². The van der Waals surface area contributed by atoms with E-state index in [1.54, 1.807) is 0 Å². The maximum Gasteiger partial charge on any atom is 0.318 e. The Morgan fingerprint density at radius 1 is 1.09 bits per heavy atom. The number of likely N-dealkylation sites (tertiary alicyclic amines) is 1. The molecule has 0 bridgehead atoms. The molecule has 2 aliphatic rings. The van der Waals surface area contributed by atoms with E-state index in [2.05, 4.69) is 10.2 Å². The molecule has 3 rings (SSSR count). The third kappa shape index (κ3) is 3.72. The number of piperidine rings is 1. The van der Waals surface area contributed by atoms with Crippen molar-refractivity contribution >= 4 is 11.9 Å². The first-order valence-corrected chi connectivity index (χ1v) is 8.54. The lowest BCUT2D eigenvalue weighted by Gasteiger charge is -2.43. The van der Waals surface area contributed by atoms with E-state index in [0.29, 0.717) is 5.92 Å². The Morgan fingerprint density at radius 3 is 2.48 bits per heavy atom. The number of hydrogen-bond donors (Lipinski definition) is 2. The number of carbonyl (C=O) groups is 2. The SMILES string of the molecule is NC(=O)NC(=O)[C@H](c1ccccc1)N1CC[C@@H]2CCCC[C@@H]2C1. The zero-order valence-corrected chi connectivity index (χ0v) is 13.4. The lowest BCUT2D eigenvalue weighted by molar-refractivity contribution is -0.127. The molecule has 1 aromatic rings. The summed E-state index contributed by atoms with van der Waals surface area (Å²) in [6.07, 6.45) is 6.34. The second-order valence-corrected chi connectivity index (χ2v) is 6.75. The zero-order chi connectivity index (χ0) is 16.2. The molecule has 0 spiro atoms. The topological polar surface area (TPSA) is 75.4 Å². The van der Waals surface area contributed by atoms with Crippen LogP contribution in [0.2, 0.25) is 0 Å². The highest BCUT2D eigenvalue weighted by Gasteiger charge is 2.37. The summed E-state index contributed by atoms with van der Waals surface area (Å²) >= 11 is 0. The summed E-state index contributed by atoms with van der Waals surface area (Å²) in [6, 6.07) is 8.44. The molecule has 1 heterocycles. The number of primary amides is 1. The molecular weight excluding hydrogens is 290 g/mol. The van der Waals surface area contributed by atoms with Gasteiger partial charge < -0.3 is 5.73 Å². The van der Waals surface area contributed by atoms with E-state index in [0.717, 1.165) is 31.0 Å². The fourth-order valence-corrected chi connectivity index (χ4v) is 4.22. The van der Waals surface area contributed by atoms with Gasteiger partial charge in [-0.05, 0) is 36.8 Å². The predicted octanol–water partition coefficient (Wildman–Crippen LogP) is 2.43. The molecule has 3 amide bonds. The summed E-state index contributed by atoms with van der Waals surface area (Å²) in [4.78, 5) is 25.9. The van der Waals surface area contributed by atoms with Gasteiger partial charge in [0.25, 0.3) is 0 Å². The van der Waals surface area contributed by atoms with Crippen LogP contribution in [0.25, 0.3) is 0 Å². The second kappa shape index (κ2) is 7.13. The van der Waals surface area contributed by atoms with E-state index in [1.165, 1.54) is 25.7 Å². The summed E-state index contributed by atoms with van der Waals surface area (Å²) in [5.74, 6) is 1.15. The summed E-state index contributed by atoms with van der Waals surface area (Å²) in [5, 5.41) is 2.27. The number of nitrogens with one attached hydrogen (secondary N) is 1. The number of fused-ring (bicyclic) bond motifs is 1. The van der Waals surface area contributed by atoms with Crippen molar-refractivity contribution in [3.8, 4) is 0 Å². The summed E-state index contributed by atoms with van der Waals surface area (Å²) in [5.41, 5.74) is 6.07. The van der Waals surface area contributed by atoms with Crippen LogP contribution in [-0.4, -0.2) is 29.9 Å². The normalized spacial score (nSPS) is 26.1. The Hall–Kier alpha value is -1.88. The number of urea groups is 1. The van der Waals surface area contributed by atoms with E-state index in [9.17, 15) is 9.59 Å². The molecular formula is C18H25N3O2. The fraction of sp³-hybridized carbons (Fsp3) is 0.556. The second-order valence-electron chi connectivity index (χ2n) is 6.75. The van der Waals surface area contributed by atoms with Crippen molar-refractivity contribution in [2.75, 3.05) is 13.1 Å². The maximum absolute atomic E-state index is 12.6. The molecule has 5 nitrogen and oxygen atoms in total. The van der Waals surface area contributed by atoms with Crippen molar-refractivity contribution in [3.05, 3.63) is 35.9 Å². The Balaban J connectivity index is 1.80. The van der Waals surface area contributed by atoms with Gasteiger partial charge in [-0.25, -0.2) is 4.79 Å². The van der Waals surface area contributed by atoms with E-state index >= 15 is 0 Å². The highest BCUT2D eigenvalue weighted by atomic mass is 16.2. The monoisotopic (exact) mass is 315 g/mol. The number of amides is 3. The van der Waals surface area contributed by atoms with Gasteiger partial charge in [-0.15, -0.1) is 0 Å². The molecule has 23 heavy (non-hydrogen) atoms. The number of carbonyl (C=O) groups excluding carboxylic acids is 2. The molecule has 0 aromatic heterocycles. The van der Waals surface area contributed by atoms with Gasteiger partial charge in [0, 0.05) is 6.54 Å². The number of nitrogens with two attached hydrogens (primary N) is 1. The van der Waals surface area contributed by atoms with Crippen LogP contribution >= 0.6 is 0 Å². The van der Waals surface area contributed by atoms with Gasteiger partial charge in [0.15, 0.2) is 0 Å². The smallest absolute Gasteiger partial charge is 0.318 e. The maximum atomic E-state index is 12.6. The summed E-state index contributed by atoms with van der Waals surface area (Å²) in [6.45, 7) is 1.82. The first-order chi connectivity index (χ1) is 11.1. The van der Waals surface area contributed by atoms with Crippen LogP contribution in [0.3, 0.4) is 0 Å². The minimum Gasteiger partial charge on any atom is -0.351 e. The summed E-state index contributed by atoms with van der Waals surface area (Å²) < 4.78 is 0. The molecule has 0 radical (unpaired) electrons. The lowest BCUT2D eigenvalue weighted by atomic mass is 9.74. The third-order valence-electron chi connectivity index (χ3n) is 5.30. The first kappa shape index (κ1) is 16.0. The van der Waals surface area contributed by atoms with Crippen molar-refractivity contribution in [2.45, 2.75) is 38.1 Å². The van der Waals surface area contributed by atoms with Gasteiger partial charge in [-0.1, -0.05) is 49.6 Å².